The molecule has 1 aromatic heterocycles. The lowest BCUT2D eigenvalue weighted by Gasteiger charge is -2.09. The first-order valence-corrected chi connectivity index (χ1v) is 4.09. The molecule has 0 N–H and O–H groups in total. The minimum atomic E-state index is -2.74. The molecule has 0 radical (unpaired) electrons. The van der Waals surface area contributed by atoms with Crippen molar-refractivity contribution in [1.82, 2.24) is 4.98 Å². The van der Waals surface area contributed by atoms with E-state index in [1.54, 1.807) is 0 Å². The molecule has 0 aliphatic rings. The standard InChI is InChI=1S/C8H7ClF3N/c1-4-7(8(11)12)5(2-9)6(10)3-13-4/h3,8H,2H2,1H3. The molecule has 1 rings (SSSR count). The normalized spacial score (nSPS) is 10.9. The van der Waals surface area contributed by atoms with Crippen LogP contribution < -0.4 is 0 Å². The first-order valence-electron chi connectivity index (χ1n) is 3.56. The Morgan fingerprint density at radius 2 is 2.15 bits per heavy atom. The van der Waals surface area contributed by atoms with E-state index in [1.165, 1.54) is 6.92 Å². The van der Waals surface area contributed by atoms with Gasteiger partial charge in [0.05, 0.1) is 12.1 Å². The fraction of sp³-hybridized carbons (Fsp3) is 0.375. The Labute approximate surface area is 78.5 Å². The van der Waals surface area contributed by atoms with Crippen molar-refractivity contribution in [2.75, 3.05) is 0 Å². The van der Waals surface area contributed by atoms with Crippen LogP contribution in [-0.2, 0) is 5.88 Å². The zero-order valence-electron chi connectivity index (χ0n) is 6.82. The summed E-state index contributed by atoms with van der Waals surface area (Å²) in [6.07, 6.45) is -1.84. The van der Waals surface area contributed by atoms with Crippen LogP contribution in [0.3, 0.4) is 0 Å². The van der Waals surface area contributed by atoms with Crippen molar-refractivity contribution in [3.8, 4) is 0 Å². The molecule has 0 atom stereocenters. The lowest BCUT2D eigenvalue weighted by atomic mass is 10.1. The fourth-order valence-corrected chi connectivity index (χ4v) is 1.35. The van der Waals surface area contributed by atoms with Gasteiger partial charge in [-0.3, -0.25) is 4.98 Å². The summed E-state index contributed by atoms with van der Waals surface area (Å²) in [6.45, 7) is 1.40. The topological polar surface area (TPSA) is 12.9 Å². The summed E-state index contributed by atoms with van der Waals surface area (Å²) >= 11 is 5.35. The van der Waals surface area contributed by atoms with Crippen LogP contribution in [0.4, 0.5) is 13.2 Å². The van der Waals surface area contributed by atoms with Gasteiger partial charge in [-0.25, -0.2) is 13.2 Å². The van der Waals surface area contributed by atoms with Gasteiger partial charge in [0.1, 0.15) is 5.82 Å². The molecule has 0 amide bonds. The van der Waals surface area contributed by atoms with Gasteiger partial charge in [0.15, 0.2) is 0 Å². The number of hydrogen-bond acceptors (Lipinski definition) is 1. The smallest absolute Gasteiger partial charge is 0.258 e. The van der Waals surface area contributed by atoms with Crippen molar-refractivity contribution in [2.45, 2.75) is 19.2 Å². The highest BCUT2D eigenvalue weighted by Gasteiger charge is 2.19. The highest BCUT2D eigenvalue weighted by molar-refractivity contribution is 6.17. The highest BCUT2D eigenvalue weighted by Crippen LogP contribution is 2.27. The van der Waals surface area contributed by atoms with Crippen LogP contribution in [0.1, 0.15) is 23.2 Å². The third-order valence-electron chi connectivity index (χ3n) is 1.73. The van der Waals surface area contributed by atoms with Gasteiger partial charge in [0, 0.05) is 16.8 Å². The second kappa shape index (κ2) is 3.96. The Bertz CT molecular complexity index is 315. The molecule has 0 unspecified atom stereocenters. The van der Waals surface area contributed by atoms with Crippen LogP contribution in [0.5, 0.6) is 0 Å². The summed E-state index contributed by atoms with van der Waals surface area (Å²) in [7, 11) is 0. The predicted octanol–water partition coefficient (Wildman–Crippen LogP) is 3.21. The molecule has 1 heterocycles. The van der Waals surface area contributed by atoms with Crippen molar-refractivity contribution >= 4 is 11.6 Å². The van der Waals surface area contributed by atoms with Gasteiger partial charge in [-0.15, -0.1) is 11.6 Å². The maximum atomic E-state index is 12.9. The van der Waals surface area contributed by atoms with E-state index in [1.807, 2.05) is 0 Å². The van der Waals surface area contributed by atoms with Gasteiger partial charge < -0.3 is 0 Å². The van der Waals surface area contributed by atoms with Crippen LogP contribution in [0.25, 0.3) is 0 Å². The molecule has 0 aliphatic heterocycles. The Balaban J connectivity index is 3.35. The second-order valence-corrected chi connectivity index (χ2v) is 2.79. The van der Waals surface area contributed by atoms with Crippen LogP contribution in [0.15, 0.2) is 6.20 Å². The number of nitrogens with zero attached hydrogens (tertiary/aromatic N) is 1. The number of alkyl halides is 3. The van der Waals surface area contributed by atoms with Crippen molar-refractivity contribution in [3.05, 3.63) is 28.8 Å². The lowest BCUT2D eigenvalue weighted by Crippen LogP contribution is -2.02. The van der Waals surface area contributed by atoms with E-state index >= 15 is 0 Å². The molecule has 1 aromatic rings. The highest BCUT2D eigenvalue weighted by atomic mass is 35.5. The molecule has 72 valence electrons. The van der Waals surface area contributed by atoms with Crippen LogP contribution in [0.2, 0.25) is 0 Å². The zero-order chi connectivity index (χ0) is 10.0. The second-order valence-electron chi connectivity index (χ2n) is 2.52. The molecule has 5 heteroatoms. The molecule has 0 saturated heterocycles. The third-order valence-corrected chi connectivity index (χ3v) is 1.99. The molecule has 1 nitrogen and oxygen atoms in total. The lowest BCUT2D eigenvalue weighted by molar-refractivity contribution is 0.148. The molecule has 0 fully saturated rings. The maximum Gasteiger partial charge on any atom is 0.266 e. The Hall–Kier alpha value is -0.770. The number of rotatable bonds is 2. The van der Waals surface area contributed by atoms with Gasteiger partial charge in [0.25, 0.3) is 6.43 Å². The Morgan fingerprint density at radius 3 is 2.54 bits per heavy atom. The number of pyridine rings is 1. The van der Waals surface area contributed by atoms with Gasteiger partial charge in [0.2, 0.25) is 0 Å². The van der Waals surface area contributed by atoms with Gasteiger partial charge >= 0.3 is 0 Å². The van der Waals surface area contributed by atoms with Crippen molar-refractivity contribution in [1.29, 1.82) is 0 Å². The minimum Gasteiger partial charge on any atom is -0.258 e. The summed E-state index contributed by atoms with van der Waals surface area (Å²) < 4.78 is 37.7. The molecule has 13 heavy (non-hydrogen) atoms. The van der Waals surface area contributed by atoms with Crippen LogP contribution in [-0.4, -0.2) is 4.98 Å². The molecular formula is C8H7ClF3N. The van der Waals surface area contributed by atoms with E-state index in [0.717, 1.165) is 6.20 Å². The Morgan fingerprint density at radius 1 is 1.54 bits per heavy atom. The van der Waals surface area contributed by atoms with Crippen LogP contribution in [0, 0.1) is 12.7 Å². The predicted molar refractivity (Wildman–Crippen MR) is 43.4 cm³/mol. The van der Waals surface area contributed by atoms with E-state index in [9.17, 15) is 13.2 Å². The van der Waals surface area contributed by atoms with Gasteiger partial charge in [-0.2, -0.15) is 0 Å². The summed E-state index contributed by atoms with van der Waals surface area (Å²) in [5, 5.41) is 0. The van der Waals surface area contributed by atoms with E-state index < -0.39 is 17.8 Å². The summed E-state index contributed by atoms with van der Waals surface area (Å²) in [5.74, 6) is -1.05. The molecular weight excluding hydrogens is 203 g/mol. The summed E-state index contributed by atoms with van der Waals surface area (Å²) in [4.78, 5) is 3.49. The number of hydrogen-bond donors (Lipinski definition) is 0. The average Bonchev–Trinajstić information content (AvgIpc) is 2.07. The van der Waals surface area contributed by atoms with Crippen molar-refractivity contribution in [3.63, 3.8) is 0 Å². The quantitative estimate of drug-likeness (QED) is 0.682. The third kappa shape index (κ3) is 1.94. The van der Waals surface area contributed by atoms with E-state index in [0.29, 0.717) is 0 Å². The molecule has 0 spiro atoms. The summed E-state index contributed by atoms with van der Waals surface area (Å²) in [5.41, 5.74) is -0.439. The van der Waals surface area contributed by atoms with Gasteiger partial charge in [-0.05, 0) is 6.92 Å². The van der Waals surface area contributed by atoms with Gasteiger partial charge in [-0.1, -0.05) is 0 Å². The molecule has 0 saturated carbocycles. The molecule has 0 bridgehead atoms. The fourth-order valence-electron chi connectivity index (χ4n) is 1.07. The zero-order valence-corrected chi connectivity index (χ0v) is 7.58. The summed E-state index contributed by atoms with van der Waals surface area (Å²) in [6, 6.07) is 0. The Kier molecular flexibility index (Phi) is 3.14. The number of halogens is 4. The molecule has 0 aromatic carbocycles. The maximum absolute atomic E-state index is 12.9. The SMILES string of the molecule is Cc1ncc(F)c(CCl)c1C(F)F. The van der Waals surface area contributed by atoms with E-state index in [4.69, 9.17) is 11.6 Å². The van der Waals surface area contributed by atoms with E-state index in [2.05, 4.69) is 4.98 Å². The van der Waals surface area contributed by atoms with Crippen LogP contribution >= 0.6 is 11.6 Å². The van der Waals surface area contributed by atoms with E-state index in [-0.39, 0.29) is 17.1 Å². The largest absolute Gasteiger partial charge is 0.266 e. The minimum absolute atomic E-state index is 0.118. The monoisotopic (exact) mass is 209 g/mol. The number of aryl methyl sites for hydroxylation is 1. The average molecular weight is 210 g/mol. The first kappa shape index (κ1) is 10.3. The number of aromatic nitrogens is 1. The van der Waals surface area contributed by atoms with Crippen molar-refractivity contribution < 1.29 is 13.2 Å². The molecule has 0 aliphatic carbocycles. The van der Waals surface area contributed by atoms with Crippen molar-refractivity contribution in [2.24, 2.45) is 0 Å². The first-order chi connectivity index (χ1) is 6.07.